The summed E-state index contributed by atoms with van der Waals surface area (Å²) in [6.45, 7) is 2.68. The molecular formula is C12H17BrFN3O. The van der Waals surface area contributed by atoms with Gasteiger partial charge in [0.25, 0.3) is 0 Å². The van der Waals surface area contributed by atoms with Crippen LogP contribution in [0.1, 0.15) is 19.8 Å². The van der Waals surface area contributed by atoms with Crippen molar-refractivity contribution in [2.45, 2.75) is 19.8 Å². The van der Waals surface area contributed by atoms with Crippen molar-refractivity contribution >= 4 is 33.2 Å². The number of halogens is 2. The van der Waals surface area contributed by atoms with E-state index < -0.39 is 11.7 Å². The van der Waals surface area contributed by atoms with Crippen LogP contribution in [0, 0.1) is 5.82 Å². The fraction of sp³-hybridized carbons (Fsp3) is 0.417. The molecule has 0 bridgehead atoms. The number of rotatable bonds is 6. The highest BCUT2D eigenvalue weighted by atomic mass is 79.9. The zero-order chi connectivity index (χ0) is 13.7. The van der Waals surface area contributed by atoms with Crippen LogP contribution in [0.25, 0.3) is 0 Å². The molecule has 0 aliphatic carbocycles. The second-order valence-corrected chi connectivity index (χ2v) is 4.92. The summed E-state index contributed by atoms with van der Waals surface area (Å²) in [6, 6.07) is 2.81. The van der Waals surface area contributed by atoms with Crippen molar-refractivity contribution in [1.82, 2.24) is 0 Å². The van der Waals surface area contributed by atoms with Gasteiger partial charge in [0.05, 0.1) is 22.4 Å². The number of carbonyl (C=O) groups excluding carboxylic acids is 1. The molecule has 1 aromatic carbocycles. The summed E-state index contributed by atoms with van der Waals surface area (Å²) in [5.41, 5.74) is 12.0. The molecule has 0 aliphatic heterocycles. The van der Waals surface area contributed by atoms with Gasteiger partial charge >= 0.3 is 0 Å². The number of nitrogens with zero attached hydrogens (tertiary/aromatic N) is 1. The van der Waals surface area contributed by atoms with Gasteiger partial charge in [-0.3, -0.25) is 4.79 Å². The fourth-order valence-electron chi connectivity index (χ4n) is 1.65. The van der Waals surface area contributed by atoms with E-state index in [0.717, 1.165) is 12.8 Å². The Labute approximate surface area is 114 Å². The number of hydrogen-bond donors (Lipinski definition) is 2. The van der Waals surface area contributed by atoms with E-state index in [1.807, 2.05) is 6.92 Å². The molecule has 18 heavy (non-hydrogen) atoms. The zero-order valence-electron chi connectivity index (χ0n) is 10.2. The number of amides is 1. The highest BCUT2D eigenvalue weighted by Crippen LogP contribution is 2.29. The third kappa shape index (κ3) is 3.87. The van der Waals surface area contributed by atoms with Gasteiger partial charge in [-0.15, -0.1) is 0 Å². The highest BCUT2D eigenvalue weighted by Gasteiger charge is 2.14. The Morgan fingerprint density at radius 1 is 1.50 bits per heavy atom. The van der Waals surface area contributed by atoms with Gasteiger partial charge in [-0.1, -0.05) is 13.3 Å². The lowest BCUT2D eigenvalue weighted by atomic mass is 10.2. The number of hydrogen-bond acceptors (Lipinski definition) is 3. The topological polar surface area (TPSA) is 72.3 Å². The quantitative estimate of drug-likeness (QED) is 0.790. The molecule has 100 valence electrons. The minimum Gasteiger partial charge on any atom is -0.397 e. The monoisotopic (exact) mass is 317 g/mol. The Bertz CT molecular complexity index is 440. The molecule has 1 amide bonds. The predicted molar refractivity (Wildman–Crippen MR) is 74.8 cm³/mol. The van der Waals surface area contributed by atoms with Crippen LogP contribution in [0.3, 0.4) is 0 Å². The maximum Gasteiger partial charge on any atom is 0.236 e. The molecule has 0 fully saturated rings. The molecule has 0 saturated heterocycles. The number of unbranched alkanes of at least 4 members (excludes halogenated alkanes) is 1. The number of benzene rings is 1. The summed E-state index contributed by atoms with van der Waals surface area (Å²) in [6.07, 6.45) is 1.85. The zero-order valence-corrected chi connectivity index (χ0v) is 11.8. The summed E-state index contributed by atoms with van der Waals surface area (Å²) >= 11 is 3.07. The molecule has 4 N–H and O–H groups in total. The Balaban J connectivity index is 3.03. The second-order valence-electron chi connectivity index (χ2n) is 4.07. The highest BCUT2D eigenvalue weighted by molar-refractivity contribution is 9.10. The summed E-state index contributed by atoms with van der Waals surface area (Å²) < 4.78 is 13.8. The summed E-state index contributed by atoms with van der Waals surface area (Å²) in [5.74, 6) is -0.876. The minimum absolute atomic E-state index is 0.0330. The Morgan fingerprint density at radius 3 is 2.72 bits per heavy atom. The van der Waals surface area contributed by atoms with Gasteiger partial charge in [0, 0.05) is 12.6 Å². The third-order valence-electron chi connectivity index (χ3n) is 2.54. The first-order valence-electron chi connectivity index (χ1n) is 5.73. The predicted octanol–water partition coefficient (Wildman–Crippen LogP) is 2.26. The molecule has 0 spiro atoms. The van der Waals surface area contributed by atoms with Gasteiger partial charge in [-0.05, 0) is 28.4 Å². The van der Waals surface area contributed by atoms with Gasteiger partial charge < -0.3 is 16.4 Å². The molecule has 0 aliphatic rings. The number of anilines is 2. The molecule has 4 nitrogen and oxygen atoms in total. The largest absolute Gasteiger partial charge is 0.397 e. The van der Waals surface area contributed by atoms with Gasteiger partial charge in [0.15, 0.2) is 0 Å². The lowest BCUT2D eigenvalue weighted by Gasteiger charge is -2.25. The second kappa shape index (κ2) is 6.58. The van der Waals surface area contributed by atoms with Gasteiger partial charge in [0.1, 0.15) is 5.82 Å². The van der Waals surface area contributed by atoms with E-state index >= 15 is 0 Å². The van der Waals surface area contributed by atoms with Crippen molar-refractivity contribution in [3.8, 4) is 0 Å². The Kier molecular flexibility index (Phi) is 5.40. The lowest BCUT2D eigenvalue weighted by molar-refractivity contribution is -0.116. The van der Waals surface area contributed by atoms with Crippen molar-refractivity contribution in [1.29, 1.82) is 0 Å². The van der Waals surface area contributed by atoms with Crippen LogP contribution in [0.15, 0.2) is 16.6 Å². The van der Waals surface area contributed by atoms with Gasteiger partial charge in [-0.25, -0.2) is 4.39 Å². The molecule has 0 atom stereocenters. The molecule has 0 unspecified atom stereocenters. The van der Waals surface area contributed by atoms with E-state index in [0.29, 0.717) is 22.4 Å². The molecular weight excluding hydrogens is 301 g/mol. The molecule has 1 rings (SSSR count). The Hall–Kier alpha value is -1.30. The van der Waals surface area contributed by atoms with Crippen LogP contribution >= 0.6 is 15.9 Å². The fourth-order valence-corrected chi connectivity index (χ4v) is 2.01. The van der Waals surface area contributed by atoms with Crippen molar-refractivity contribution in [2.24, 2.45) is 5.73 Å². The average molecular weight is 318 g/mol. The molecule has 0 saturated carbocycles. The van der Waals surface area contributed by atoms with Crippen LogP contribution in [0.4, 0.5) is 15.8 Å². The van der Waals surface area contributed by atoms with Crippen molar-refractivity contribution in [2.75, 3.05) is 23.7 Å². The van der Waals surface area contributed by atoms with Crippen molar-refractivity contribution in [3.05, 3.63) is 22.4 Å². The number of primary amides is 1. The number of nitrogens with two attached hydrogens (primary N) is 2. The summed E-state index contributed by atoms with van der Waals surface area (Å²) in [5, 5.41) is 0. The van der Waals surface area contributed by atoms with Crippen molar-refractivity contribution < 1.29 is 9.18 Å². The normalized spacial score (nSPS) is 10.4. The summed E-state index contributed by atoms with van der Waals surface area (Å²) in [4.78, 5) is 12.8. The third-order valence-corrected chi connectivity index (χ3v) is 3.15. The molecule has 6 heteroatoms. The first kappa shape index (κ1) is 14.8. The van der Waals surface area contributed by atoms with E-state index in [-0.39, 0.29) is 6.54 Å². The van der Waals surface area contributed by atoms with E-state index in [9.17, 15) is 9.18 Å². The molecule has 1 aromatic rings. The van der Waals surface area contributed by atoms with E-state index in [1.165, 1.54) is 12.1 Å². The van der Waals surface area contributed by atoms with Crippen LogP contribution in [0.5, 0.6) is 0 Å². The summed E-state index contributed by atoms with van der Waals surface area (Å²) in [7, 11) is 0. The standard InChI is InChI=1S/C12H17BrFN3O/c1-2-3-4-17(7-12(16)18)11-6-9(14)8(13)5-10(11)15/h5-6H,2-4,7,15H2,1H3,(H2,16,18). The van der Waals surface area contributed by atoms with Gasteiger partial charge in [0.2, 0.25) is 5.91 Å². The van der Waals surface area contributed by atoms with E-state index in [1.54, 1.807) is 4.90 Å². The molecule has 0 aromatic heterocycles. The first-order valence-corrected chi connectivity index (χ1v) is 6.52. The van der Waals surface area contributed by atoms with E-state index in [2.05, 4.69) is 15.9 Å². The van der Waals surface area contributed by atoms with Crippen LogP contribution < -0.4 is 16.4 Å². The first-order chi connectivity index (χ1) is 8.45. The molecule has 0 heterocycles. The maximum absolute atomic E-state index is 13.5. The lowest BCUT2D eigenvalue weighted by Crippen LogP contribution is -2.35. The van der Waals surface area contributed by atoms with Crippen LogP contribution in [0.2, 0.25) is 0 Å². The van der Waals surface area contributed by atoms with Crippen molar-refractivity contribution in [3.63, 3.8) is 0 Å². The van der Waals surface area contributed by atoms with Gasteiger partial charge in [-0.2, -0.15) is 0 Å². The molecule has 0 radical (unpaired) electrons. The number of carbonyl (C=O) groups is 1. The average Bonchev–Trinajstić information content (AvgIpc) is 2.29. The Morgan fingerprint density at radius 2 is 2.17 bits per heavy atom. The van der Waals surface area contributed by atoms with E-state index in [4.69, 9.17) is 11.5 Å². The minimum atomic E-state index is -0.464. The SMILES string of the molecule is CCCCN(CC(N)=O)c1cc(F)c(Br)cc1N. The van der Waals surface area contributed by atoms with Crippen LogP contribution in [-0.4, -0.2) is 19.0 Å². The smallest absolute Gasteiger partial charge is 0.236 e. The maximum atomic E-state index is 13.5. The number of nitrogen functional groups attached to an aromatic ring is 1. The van der Waals surface area contributed by atoms with Crippen LogP contribution in [-0.2, 0) is 4.79 Å².